The van der Waals surface area contributed by atoms with Crippen molar-refractivity contribution in [3.63, 3.8) is 0 Å². The summed E-state index contributed by atoms with van der Waals surface area (Å²) in [5, 5.41) is 3.11. The lowest BCUT2D eigenvalue weighted by atomic mass is 10.3. The number of aromatic nitrogens is 1. The van der Waals surface area contributed by atoms with Gasteiger partial charge in [0.15, 0.2) is 5.76 Å². The molecule has 0 aliphatic heterocycles. The maximum atomic E-state index is 11.7. The van der Waals surface area contributed by atoms with Gasteiger partial charge in [-0.25, -0.2) is 0 Å². The average molecular weight is 166 g/mol. The van der Waals surface area contributed by atoms with Crippen molar-refractivity contribution in [2.45, 2.75) is 12.6 Å². The number of anilines is 1. The van der Waals surface area contributed by atoms with Crippen LogP contribution in [0, 0.1) is 0 Å². The van der Waals surface area contributed by atoms with Crippen LogP contribution in [0.15, 0.2) is 10.7 Å². The molecule has 0 saturated heterocycles. The summed E-state index contributed by atoms with van der Waals surface area (Å²) in [6.07, 6.45) is -4.42. The fraction of sp³-hybridized carbons (Fsp3) is 0.400. The van der Waals surface area contributed by atoms with Gasteiger partial charge in [0.05, 0.1) is 11.9 Å². The maximum Gasteiger partial charge on any atom is 0.396 e. The van der Waals surface area contributed by atoms with Crippen LogP contribution in [-0.4, -0.2) is 11.3 Å². The lowest BCUT2D eigenvalue weighted by Crippen LogP contribution is -2.11. The Hall–Kier alpha value is -1.20. The molecule has 0 spiro atoms. The van der Waals surface area contributed by atoms with Gasteiger partial charge in [-0.05, 0) is 0 Å². The molecule has 0 radical (unpaired) electrons. The average Bonchev–Trinajstić information content (AvgIpc) is 2.12. The molecule has 0 saturated carbocycles. The molecule has 0 amide bonds. The number of nitrogen functional groups attached to an aromatic ring is 1. The van der Waals surface area contributed by atoms with E-state index in [0.29, 0.717) is 0 Å². The number of nitrogens with two attached hydrogens (primary N) is 1. The minimum absolute atomic E-state index is 0.0673. The second-order valence-electron chi connectivity index (χ2n) is 2.00. The molecule has 0 atom stereocenters. The molecule has 0 aliphatic rings. The summed E-state index contributed by atoms with van der Waals surface area (Å²) in [6, 6.07) is 0. The van der Waals surface area contributed by atoms with Gasteiger partial charge in [-0.15, -0.1) is 0 Å². The Labute approximate surface area is 60.0 Å². The van der Waals surface area contributed by atoms with Gasteiger partial charge < -0.3 is 10.3 Å². The molecular weight excluding hydrogens is 161 g/mol. The minimum Gasteiger partial charge on any atom is -0.395 e. The van der Waals surface area contributed by atoms with E-state index in [1.165, 1.54) is 0 Å². The van der Waals surface area contributed by atoms with Gasteiger partial charge in [-0.2, -0.15) is 13.2 Å². The molecule has 2 N–H and O–H groups in total. The molecule has 6 heteroatoms. The van der Waals surface area contributed by atoms with Crippen molar-refractivity contribution in [2.24, 2.45) is 0 Å². The van der Waals surface area contributed by atoms with Crippen LogP contribution in [0.2, 0.25) is 0 Å². The third-order valence-corrected chi connectivity index (χ3v) is 1.04. The molecule has 0 unspecified atom stereocenters. The minimum atomic E-state index is -4.30. The predicted molar refractivity (Wildman–Crippen MR) is 30.7 cm³/mol. The molecule has 1 aromatic heterocycles. The highest BCUT2D eigenvalue weighted by molar-refractivity contribution is 5.38. The van der Waals surface area contributed by atoms with Gasteiger partial charge >= 0.3 is 6.18 Å². The molecule has 0 bridgehead atoms. The Bertz CT molecular complexity index is 242. The molecule has 0 fully saturated rings. The van der Waals surface area contributed by atoms with Crippen LogP contribution < -0.4 is 5.73 Å². The Kier molecular flexibility index (Phi) is 1.76. The van der Waals surface area contributed by atoms with Gasteiger partial charge in [0, 0.05) is 0 Å². The summed E-state index contributed by atoms with van der Waals surface area (Å²) in [4.78, 5) is 0. The quantitative estimate of drug-likeness (QED) is 0.685. The monoisotopic (exact) mass is 166 g/mol. The third kappa shape index (κ3) is 2.14. The summed E-state index contributed by atoms with van der Waals surface area (Å²) < 4.78 is 39.2. The van der Waals surface area contributed by atoms with Crippen molar-refractivity contribution in [2.75, 3.05) is 5.73 Å². The van der Waals surface area contributed by atoms with Crippen molar-refractivity contribution >= 4 is 5.69 Å². The second kappa shape index (κ2) is 2.44. The first kappa shape index (κ1) is 7.90. The highest BCUT2D eigenvalue weighted by atomic mass is 19.4. The smallest absolute Gasteiger partial charge is 0.395 e. The Morgan fingerprint density at radius 1 is 1.55 bits per heavy atom. The Balaban J connectivity index is 2.72. The number of halogens is 3. The zero-order valence-corrected chi connectivity index (χ0v) is 5.35. The lowest BCUT2D eigenvalue weighted by molar-refractivity contribution is -0.130. The normalized spacial score (nSPS) is 11.9. The first-order valence-electron chi connectivity index (χ1n) is 2.75. The van der Waals surface area contributed by atoms with Crippen LogP contribution in [0.1, 0.15) is 5.76 Å². The molecule has 11 heavy (non-hydrogen) atoms. The predicted octanol–water partition coefficient (Wildman–Crippen LogP) is 1.36. The van der Waals surface area contributed by atoms with Crippen molar-refractivity contribution in [3.05, 3.63) is 12.0 Å². The van der Waals surface area contributed by atoms with E-state index in [1.807, 2.05) is 0 Å². The van der Waals surface area contributed by atoms with Crippen LogP contribution in [0.4, 0.5) is 18.9 Å². The summed E-state index contributed by atoms with van der Waals surface area (Å²) in [5.41, 5.74) is 5.02. The lowest BCUT2D eigenvalue weighted by Gasteiger charge is -2.01. The number of rotatable bonds is 1. The Morgan fingerprint density at radius 2 is 2.18 bits per heavy atom. The molecule has 62 valence electrons. The van der Waals surface area contributed by atoms with Crippen molar-refractivity contribution in [1.29, 1.82) is 0 Å². The summed E-state index contributed by atoms with van der Waals surface area (Å²) >= 11 is 0. The van der Waals surface area contributed by atoms with Crippen LogP contribution in [0.5, 0.6) is 0 Å². The molecule has 1 heterocycles. The number of alkyl halides is 3. The highest BCUT2D eigenvalue weighted by Crippen LogP contribution is 2.23. The van der Waals surface area contributed by atoms with Crippen LogP contribution in [-0.2, 0) is 6.42 Å². The number of nitrogens with zero attached hydrogens (tertiary/aromatic N) is 1. The molecule has 0 aliphatic carbocycles. The van der Waals surface area contributed by atoms with E-state index in [1.54, 1.807) is 0 Å². The van der Waals surface area contributed by atoms with E-state index in [9.17, 15) is 13.2 Å². The molecular formula is C5H5F3N2O. The van der Waals surface area contributed by atoms with Crippen LogP contribution in [0.25, 0.3) is 0 Å². The fourth-order valence-corrected chi connectivity index (χ4v) is 0.588. The van der Waals surface area contributed by atoms with E-state index in [-0.39, 0.29) is 11.4 Å². The first-order valence-corrected chi connectivity index (χ1v) is 2.75. The van der Waals surface area contributed by atoms with Crippen LogP contribution in [0.3, 0.4) is 0 Å². The summed E-state index contributed by atoms with van der Waals surface area (Å²) in [6.45, 7) is 0. The molecule has 3 nitrogen and oxygen atoms in total. The first-order chi connectivity index (χ1) is 4.99. The third-order valence-electron chi connectivity index (χ3n) is 1.04. The highest BCUT2D eigenvalue weighted by Gasteiger charge is 2.30. The van der Waals surface area contributed by atoms with Gasteiger partial charge in [0.2, 0.25) is 0 Å². The molecule has 0 aromatic carbocycles. The van der Waals surface area contributed by atoms with Gasteiger partial charge in [0.1, 0.15) is 6.42 Å². The van der Waals surface area contributed by atoms with E-state index >= 15 is 0 Å². The van der Waals surface area contributed by atoms with Gasteiger partial charge in [-0.1, -0.05) is 5.16 Å². The number of hydrogen-bond acceptors (Lipinski definition) is 3. The fourth-order valence-electron chi connectivity index (χ4n) is 0.588. The van der Waals surface area contributed by atoms with Gasteiger partial charge in [0.25, 0.3) is 0 Å². The van der Waals surface area contributed by atoms with Crippen molar-refractivity contribution in [1.82, 2.24) is 5.16 Å². The molecule has 1 aromatic rings. The SMILES string of the molecule is Nc1cnoc1CC(F)(F)F. The van der Waals surface area contributed by atoms with E-state index in [4.69, 9.17) is 5.73 Å². The number of hydrogen-bond donors (Lipinski definition) is 1. The maximum absolute atomic E-state index is 11.7. The van der Waals surface area contributed by atoms with Crippen molar-refractivity contribution < 1.29 is 17.7 Å². The van der Waals surface area contributed by atoms with E-state index in [0.717, 1.165) is 6.20 Å². The molecule has 1 rings (SSSR count). The zero-order valence-electron chi connectivity index (χ0n) is 5.35. The summed E-state index contributed by atoms with van der Waals surface area (Å²) in [5.74, 6) is -0.336. The summed E-state index contributed by atoms with van der Waals surface area (Å²) in [7, 11) is 0. The topological polar surface area (TPSA) is 52.0 Å². The largest absolute Gasteiger partial charge is 0.396 e. The van der Waals surface area contributed by atoms with Crippen molar-refractivity contribution in [3.8, 4) is 0 Å². The second-order valence-corrected chi connectivity index (χ2v) is 2.00. The zero-order chi connectivity index (χ0) is 8.48. The van der Waals surface area contributed by atoms with E-state index in [2.05, 4.69) is 9.68 Å². The Morgan fingerprint density at radius 3 is 2.55 bits per heavy atom. The van der Waals surface area contributed by atoms with E-state index < -0.39 is 12.6 Å². The van der Waals surface area contributed by atoms with Gasteiger partial charge in [-0.3, -0.25) is 0 Å². The van der Waals surface area contributed by atoms with Crippen LogP contribution >= 0.6 is 0 Å². The standard InChI is InChI=1S/C5H5F3N2O/c6-5(7,8)1-4-3(9)2-10-11-4/h2H,1,9H2.